The third-order valence-electron chi connectivity index (χ3n) is 3.71. The predicted molar refractivity (Wildman–Crippen MR) is 83.4 cm³/mol. The lowest BCUT2D eigenvalue weighted by Gasteiger charge is -2.20. The first kappa shape index (κ1) is 15.5. The molecule has 4 nitrogen and oxygen atoms in total. The summed E-state index contributed by atoms with van der Waals surface area (Å²) in [5.74, 6) is -0.0218. The van der Waals surface area contributed by atoms with Gasteiger partial charge in [0.1, 0.15) is 0 Å². The molecule has 2 amide bonds. The van der Waals surface area contributed by atoms with Crippen molar-refractivity contribution in [3.63, 3.8) is 0 Å². The van der Waals surface area contributed by atoms with Crippen LogP contribution in [0.25, 0.3) is 0 Å². The van der Waals surface area contributed by atoms with E-state index in [-0.39, 0.29) is 17.9 Å². The zero-order valence-electron chi connectivity index (χ0n) is 12.9. The SMILES string of the molecule is CC(C)NC(=O)c1ccc(C(=O)N2CCCCCC2)cc1. The Bertz CT molecular complexity index is 486. The molecule has 1 aliphatic heterocycles. The standard InChI is InChI=1S/C17H24N2O2/c1-13(2)18-16(20)14-7-9-15(10-8-14)17(21)19-11-5-3-4-6-12-19/h7-10,13H,3-6,11-12H2,1-2H3,(H,18,20). The predicted octanol–water partition coefficient (Wildman–Crippen LogP) is 2.84. The van der Waals surface area contributed by atoms with Gasteiger partial charge in [0.05, 0.1) is 0 Å². The van der Waals surface area contributed by atoms with E-state index in [1.165, 1.54) is 12.8 Å². The first-order valence-electron chi connectivity index (χ1n) is 7.78. The molecular weight excluding hydrogens is 264 g/mol. The van der Waals surface area contributed by atoms with Gasteiger partial charge in [-0.2, -0.15) is 0 Å². The first-order chi connectivity index (χ1) is 10.1. The number of rotatable bonds is 3. The molecule has 0 saturated carbocycles. The molecule has 0 atom stereocenters. The molecule has 1 aromatic carbocycles. The number of nitrogens with one attached hydrogen (secondary N) is 1. The zero-order chi connectivity index (χ0) is 15.2. The molecule has 0 bridgehead atoms. The Balaban J connectivity index is 2.04. The lowest BCUT2D eigenvalue weighted by Crippen LogP contribution is -2.32. The average Bonchev–Trinajstić information content (AvgIpc) is 2.75. The van der Waals surface area contributed by atoms with Gasteiger partial charge in [0.15, 0.2) is 0 Å². The summed E-state index contributed by atoms with van der Waals surface area (Å²) < 4.78 is 0. The highest BCUT2D eigenvalue weighted by atomic mass is 16.2. The smallest absolute Gasteiger partial charge is 0.253 e. The maximum absolute atomic E-state index is 12.4. The average molecular weight is 288 g/mol. The van der Waals surface area contributed by atoms with E-state index in [9.17, 15) is 9.59 Å². The molecule has 1 aliphatic rings. The second-order valence-electron chi connectivity index (χ2n) is 5.91. The molecule has 1 fully saturated rings. The van der Waals surface area contributed by atoms with Crippen LogP contribution in [0.1, 0.15) is 60.2 Å². The maximum atomic E-state index is 12.4. The van der Waals surface area contributed by atoms with Crippen LogP contribution in [0.3, 0.4) is 0 Å². The molecule has 1 N–H and O–H groups in total. The molecule has 114 valence electrons. The highest BCUT2D eigenvalue weighted by Crippen LogP contribution is 2.14. The Morgan fingerprint density at radius 1 is 0.952 bits per heavy atom. The van der Waals surface area contributed by atoms with Gasteiger partial charge in [-0.1, -0.05) is 12.8 Å². The highest BCUT2D eigenvalue weighted by molar-refractivity contribution is 5.97. The number of likely N-dealkylation sites (tertiary alicyclic amines) is 1. The molecule has 2 rings (SSSR count). The van der Waals surface area contributed by atoms with E-state index < -0.39 is 0 Å². The van der Waals surface area contributed by atoms with Crippen molar-refractivity contribution in [2.24, 2.45) is 0 Å². The third kappa shape index (κ3) is 4.31. The van der Waals surface area contributed by atoms with Crippen LogP contribution in [0.2, 0.25) is 0 Å². The number of amides is 2. The van der Waals surface area contributed by atoms with Gasteiger partial charge < -0.3 is 10.2 Å². The van der Waals surface area contributed by atoms with Gasteiger partial charge in [-0.05, 0) is 51.0 Å². The summed E-state index contributed by atoms with van der Waals surface area (Å²) in [5.41, 5.74) is 1.26. The summed E-state index contributed by atoms with van der Waals surface area (Å²) in [6, 6.07) is 7.06. The lowest BCUT2D eigenvalue weighted by atomic mass is 10.1. The van der Waals surface area contributed by atoms with E-state index in [4.69, 9.17) is 0 Å². The van der Waals surface area contributed by atoms with Crippen LogP contribution in [0, 0.1) is 0 Å². The number of carbonyl (C=O) groups excluding carboxylic acids is 2. The fourth-order valence-corrected chi connectivity index (χ4v) is 2.57. The summed E-state index contributed by atoms with van der Waals surface area (Å²) in [6.45, 7) is 5.53. The zero-order valence-corrected chi connectivity index (χ0v) is 12.9. The van der Waals surface area contributed by atoms with Crippen molar-refractivity contribution in [3.8, 4) is 0 Å². The van der Waals surface area contributed by atoms with Gasteiger partial charge in [-0.3, -0.25) is 9.59 Å². The van der Waals surface area contributed by atoms with Crippen molar-refractivity contribution in [3.05, 3.63) is 35.4 Å². The fraction of sp³-hybridized carbons (Fsp3) is 0.529. The minimum absolute atomic E-state index is 0.0766. The van der Waals surface area contributed by atoms with Gasteiger partial charge in [0.2, 0.25) is 0 Å². The summed E-state index contributed by atoms with van der Waals surface area (Å²) in [5, 5.41) is 2.85. The number of benzene rings is 1. The molecular formula is C17H24N2O2. The number of nitrogens with zero attached hydrogens (tertiary/aromatic N) is 1. The molecule has 0 aromatic heterocycles. The molecule has 1 aromatic rings. The van der Waals surface area contributed by atoms with Crippen molar-refractivity contribution >= 4 is 11.8 Å². The summed E-state index contributed by atoms with van der Waals surface area (Å²) in [7, 11) is 0. The topological polar surface area (TPSA) is 49.4 Å². The van der Waals surface area contributed by atoms with Gasteiger partial charge in [0, 0.05) is 30.3 Å². The monoisotopic (exact) mass is 288 g/mol. The number of hydrogen-bond donors (Lipinski definition) is 1. The van der Waals surface area contributed by atoms with Crippen LogP contribution in [0.15, 0.2) is 24.3 Å². The molecule has 21 heavy (non-hydrogen) atoms. The summed E-state index contributed by atoms with van der Waals surface area (Å²) in [6.07, 6.45) is 4.58. The van der Waals surface area contributed by atoms with Crippen molar-refractivity contribution in [2.75, 3.05) is 13.1 Å². The van der Waals surface area contributed by atoms with Crippen molar-refractivity contribution in [1.29, 1.82) is 0 Å². The maximum Gasteiger partial charge on any atom is 0.253 e. The molecule has 1 heterocycles. The van der Waals surface area contributed by atoms with Crippen LogP contribution >= 0.6 is 0 Å². The number of hydrogen-bond acceptors (Lipinski definition) is 2. The van der Waals surface area contributed by atoms with E-state index in [0.717, 1.165) is 25.9 Å². The largest absolute Gasteiger partial charge is 0.350 e. The molecule has 0 radical (unpaired) electrons. The van der Waals surface area contributed by atoms with E-state index in [0.29, 0.717) is 11.1 Å². The Morgan fingerprint density at radius 3 is 2.00 bits per heavy atom. The molecule has 1 saturated heterocycles. The quantitative estimate of drug-likeness (QED) is 0.929. The minimum atomic E-state index is -0.0984. The second-order valence-corrected chi connectivity index (χ2v) is 5.91. The lowest BCUT2D eigenvalue weighted by molar-refractivity contribution is 0.0761. The minimum Gasteiger partial charge on any atom is -0.350 e. The molecule has 0 aliphatic carbocycles. The highest BCUT2D eigenvalue weighted by Gasteiger charge is 2.17. The van der Waals surface area contributed by atoms with Crippen LogP contribution in [0.4, 0.5) is 0 Å². The molecule has 0 unspecified atom stereocenters. The Labute approximate surface area is 126 Å². The normalized spacial score (nSPS) is 15.7. The molecule has 0 spiro atoms. The summed E-state index contributed by atoms with van der Waals surface area (Å²) >= 11 is 0. The molecule has 4 heteroatoms. The van der Waals surface area contributed by atoms with Crippen molar-refractivity contribution in [1.82, 2.24) is 10.2 Å². The number of carbonyl (C=O) groups is 2. The Kier molecular flexibility index (Phi) is 5.37. The first-order valence-corrected chi connectivity index (χ1v) is 7.78. The summed E-state index contributed by atoms with van der Waals surface area (Å²) in [4.78, 5) is 26.2. The van der Waals surface area contributed by atoms with E-state index >= 15 is 0 Å². The van der Waals surface area contributed by atoms with Gasteiger partial charge in [0.25, 0.3) is 11.8 Å². The van der Waals surface area contributed by atoms with Crippen molar-refractivity contribution < 1.29 is 9.59 Å². The third-order valence-corrected chi connectivity index (χ3v) is 3.71. The van der Waals surface area contributed by atoms with Crippen LogP contribution < -0.4 is 5.32 Å². The van der Waals surface area contributed by atoms with Gasteiger partial charge in [-0.25, -0.2) is 0 Å². The Morgan fingerprint density at radius 2 is 1.48 bits per heavy atom. The van der Waals surface area contributed by atoms with Gasteiger partial charge >= 0.3 is 0 Å². The van der Waals surface area contributed by atoms with E-state index in [2.05, 4.69) is 5.32 Å². The van der Waals surface area contributed by atoms with Crippen molar-refractivity contribution in [2.45, 2.75) is 45.6 Å². The second kappa shape index (κ2) is 7.25. The van der Waals surface area contributed by atoms with E-state index in [1.54, 1.807) is 24.3 Å². The van der Waals surface area contributed by atoms with Gasteiger partial charge in [-0.15, -0.1) is 0 Å². The van der Waals surface area contributed by atoms with E-state index in [1.807, 2.05) is 18.7 Å². The fourth-order valence-electron chi connectivity index (χ4n) is 2.57. The van der Waals surface area contributed by atoms with Crippen LogP contribution in [-0.2, 0) is 0 Å². The van der Waals surface area contributed by atoms with Crippen LogP contribution in [-0.4, -0.2) is 35.8 Å². The Hall–Kier alpha value is -1.84. The van der Waals surface area contributed by atoms with Crippen LogP contribution in [0.5, 0.6) is 0 Å².